The summed E-state index contributed by atoms with van der Waals surface area (Å²) in [6, 6.07) is 5.25. The van der Waals surface area contributed by atoms with Gasteiger partial charge in [-0.1, -0.05) is 0 Å². The lowest BCUT2D eigenvalue weighted by Crippen LogP contribution is -2.40. The zero-order valence-corrected chi connectivity index (χ0v) is 9.38. The molecule has 1 aromatic rings. The molecule has 0 spiro atoms. The topological polar surface area (TPSA) is 86.1 Å². The standard InChI is InChI=1S/C11H12N4O2/c1-15(8-9-2-5-13-6-3-9)11(17)10(16)14-7-4-12/h2-3,5-6H,7-8H2,1H3,(H,14,16). The van der Waals surface area contributed by atoms with Gasteiger partial charge in [0, 0.05) is 26.0 Å². The predicted octanol–water partition coefficient (Wildman–Crippen LogP) is -0.320. The number of pyridine rings is 1. The van der Waals surface area contributed by atoms with Crippen LogP contribution in [-0.4, -0.2) is 35.3 Å². The van der Waals surface area contributed by atoms with Crippen LogP contribution in [0, 0.1) is 11.3 Å². The van der Waals surface area contributed by atoms with Crippen molar-refractivity contribution in [1.82, 2.24) is 15.2 Å². The molecule has 1 rings (SSSR count). The molecule has 0 atom stereocenters. The molecule has 1 aromatic heterocycles. The number of nitriles is 1. The normalized spacial score (nSPS) is 9.18. The maximum atomic E-state index is 11.5. The number of nitrogens with zero attached hydrogens (tertiary/aromatic N) is 3. The zero-order valence-electron chi connectivity index (χ0n) is 9.38. The fourth-order valence-electron chi connectivity index (χ4n) is 1.20. The van der Waals surface area contributed by atoms with E-state index >= 15 is 0 Å². The van der Waals surface area contributed by atoms with Crippen molar-refractivity contribution in [3.05, 3.63) is 30.1 Å². The van der Waals surface area contributed by atoms with Crippen LogP contribution in [-0.2, 0) is 16.1 Å². The first-order valence-electron chi connectivity index (χ1n) is 4.94. The minimum atomic E-state index is -0.775. The first kappa shape index (κ1) is 12.6. The SMILES string of the molecule is CN(Cc1ccncc1)C(=O)C(=O)NCC#N. The van der Waals surface area contributed by atoms with Gasteiger partial charge in [-0.15, -0.1) is 0 Å². The molecule has 1 heterocycles. The van der Waals surface area contributed by atoms with E-state index in [4.69, 9.17) is 5.26 Å². The Morgan fingerprint density at radius 1 is 1.47 bits per heavy atom. The van der Waals surface area contributed by atoms with E-state index in [0.29, 0.717) is 6.54 Å². The third-order valence-corrected chi connectivity index (χ3v) is 2.04. The maximum Gasteiger partial charge on any atom is 0.311 e. The first-order valence-corrected chi connectivity index (χ1v) is 4.94. The van der Waals surface area contributed by atoms with Crippen LogP contribution < -0.4 is 5.32 Å². The average Bonchev–Trinajstić information content (AvgIpc) is 2.36. The third-order valence-electron chi connectivity index (χ3n) is 2.04. The van der Waals surface area contributed by atoms with E-state index in [1.165, 1.54) is 11.9 Å². The highest BCUT2D eigenvalue weighted by molar-refractivity contribution is 6.34. The zero-order chi connectivity index (χ0) is 12.7. The molecule has 0 aliphatic rings. The Labute approximate surface area is 98.9 Å². The number of nitrogens with one attached hydrogen (secondary N) is 1. The van der Waals surface area contributed by atoms with Crippen LogP contribution in [0.3, 0.4) is 0 Å². The number of carbonyl (C=O) groups is 2. The maximum absolute atomic E-state index is 11.5. The minimum Gasteiger partial charge on any atom is -0.335 e. The Morgan fingerprint density at radius 2 is 2.12 bits per heavy atom. The molecule has 0 saturated carbocycles. The fraction of sp³-hybridized carbons (Fsp3) is 0.273. The van der Waals surface area contributed by atoms with Gasteiger partial charge in [0.2, 0.25) is 0 Å². The van der Waals surface area contributed by atoms with Gasteiger partial charge in [0.25, 0.3) is 0 Å². The molecule has 0 aromatic carbocycles. The number of aromatic nitrogens is 1. The van der Waals surface area contributed by atoms with Crippen LogP contribution in [0.25, 0.3) is 0 Å². The van der Waals surface area contributed by atoms with E-state index in [2.05, 4.69) is 10.3 Å². The summed E-state index contributed by atoms with van der Waals surface area (Å²) in [4.78, 5) is 27.9. The van der Waals surface area contributed by atoms with Crippen LogP contribution in [0.2, 0.25) is 0 Å². The highest BCUT2D eigenvalue weighted by atomic mass is 16.2. The number of likely N-dealkylation sites (N-methyl/N-ethyl adjacent to an activating group) is 1. The molecule has 1 N–H and O–H groups in total. The quantitative estimate of drug-likeness (QED) is 0.571. The van der Waals surface area contributed by atoms with E-state index < -0.39 is 11.8 Å². The van der Waals surface area contributed by atoms with Crippen molar-refractivity contribution in [3.63, 3.8) is 0 Å². The number of rotatable bonds is 3. The second-order valence-electron chi connectivity index (χ2n) is 3.36. The van der Waals surface area contributed by atoms with Gasteiger partial charge in [-0.3, -0.25) is 14.6 Å². The largest absolute Gasteiger partial charge is 0.335 e. The molecule has 0 aliphatic heterocycles. The monoisotopic (exact) mass is 232 g/mol. The Hall–Kier alpha value is -2.42. The van der Waals surface area contributed by atoms with Gasteiger partial charge >= 0.3 is 11.8 Å². The molecule has 0 aliphatic carbocycles. The third kappa shape index (κ3) is 3.91. The summed E-state index contributed by atoms with van der Waals surface area (Å²) in [5.74, 6) is -1.44. The van der Waals surface area contributed by atoms with Crippen molar-refractivity contribution in [2.75, 3.05) is 13.6 Å². The molecule has 88 valence electrons. The van der Waals surface area contributed by atoms with E-state index in [1.54, 1.807) is 30.6 Å². The highest BCUT2D eigenvalue weighted by Crippen LogP contribution is 2.01. The summed E-state index contributed by atoms with van der Waals surface area (Å²) in [5.41, 5.74) is 0.879. The summed E-state index contributed by atoms with van der Waals surface area (Å²) >= 11 is 0. The second-order valence-corrected chi connectivity index (χ2v) is 3.36. The lowest BCUT2D eigenvalue weighted by atomic mass is 10.2. The van der Waals surface area contributed by atoms with Gasteiger partial charge in [0.05, 0.1) is 6.07 Å². The van der Waals surface area contributed by atoms with Crippen LogP contribution in [0.5, 0.6) is 0 Å². The van der Waals surface area contributed by atoms with Gasteiger partial charge in [0.1, 0.15) is 6.54 Å². The Kier molecular flexibility index (Phi) is 4.63. The predicted molar refractivity (Wildman–Crippen MR) is 59.3 cm³/mol. The number of hydrogen-bond acceptors (Lipinski definition) is 4. The molecular weight excluding hydrogens is 220 g/mol. The Bertz CT molecular complexity index is 439. The van der Waals surface area contributed by atoms with Gasteiger partial charge in [-0.25, -0.2) is 0 Å². The molecule has 0 unspecified atom stereocenters. The molecule has 0 fully saturated rings. The van der Waals surface area contributed by atoms with Crippen LogP contribution in [0.1, 0.15) is 5.56 Å². The van der Waals surface area contributed by atoms with Crippen molar-refractivity contribution < 1.29 is 9.59 Å². The first-order chi connectivity index (χ1) is 8.15. The van der Waals surface area contributed by atoms with Crippen LogP contribution in [0.4, 0.5) is 0 Å². The molecular formula is C11H12N4O2. The van der Waals surface area contributed by atoms with Gasteiger partial charge in [-0.2, -0.15) is 5.26 Å². The van der Waals surface area contributed by atoms with E-state index in [9.17, 15) is 9.59 Å². The molecule has 2 amide bonds. The van der Waals surface area contributed by atoms with Crippen LogP contribution in [0.15, 0.2) is 24.5 Å². The van der Waals surface area contributed by atoms with Gasteiger partial charge in [0.15, 0.2) is 0 Å². The van der Waals surface area contributed by atoms with E-state index in [0.717, 1.165) is 5.56 Å². The molecule has 0 radical (unpaired) electrons. The van der Waals surface area contributed by atoms with Crippen molar-refractivity contribution in [2.24, 2.45) is 0 Å². The Morgan fingerprint density at radius 3 is 2.71 bits per heavy atom. The molecule has 6 heteroatoms. The molecule has 6 nitrogen and oxygen atoms in total. The lowest BCUT2D eigenvalue weighted by molar-refractivity contribution is -0.145. The summed E-state index contributed by atoms with van der Waals surface area (Å²) in [5, 5.41) is 10.5. The molecule has 17 heavy (non-hydrogen) atoms. The second kappa shape index (κ2) is 6.23. The van der Waals surface area contributed by atoms with Crippen molar-refractivity contribution in [1.29, 1.82) is 5.26 Å². The van der Waals surface area contributed by atoms with Gasteiger partial charge < -0.3 is 10.2 Å². The lowest BCUT2D eigenvalue weighted by Gasteiger charge is -2.15. The van der Waals surface area contributed by atoms with E-state index in [-0.39, 0.29) is 6.54 Å². The van der Waals surface area contributed by atoms with Crippen molar-refractivity contribution in [2.45, 2.75) is 6.54 Å². The number of hydrogen-bond donors (Lipinski definition) is 1. The van der Waals surface area contributed by atoms with Gasteiger partial charge in [-0.05, 0) is 17.7 Å². The number of amides is 2. The summed E-state index contributed by atoms with van der Waals surface area (Å²) in [7, 11) is 1.52. The number of carbonyl (C=O) groups excluding carboxylic acids is 2. The molecule has 0 saturated heterocycles. The van der Waals surface area contributed by atoms with Crippen LogP contribution >= 0.6 is 0 Å². The highest BCUT2D eigenvalue weighted by Gasteiger charge is 2.17. The average molecular weight is 232 g/mol. The summed E-state index contributed by atoms with van der Waals surface area (Å²) in [6.45, 7) is 0.148. The van der Waals surface area contributed by atoms with E-state index in [1.807, 2.05) is 0 Å². The Balaban J connectivity index is 2.53. The fourth-order valence-corrected chi connectivity index (χ4v) is 1.20. The minimum absolute atomic E-state index is 0.173. The smallest absolute Gasteiger partial charge is 0.311 e. The van der Waals surface area contributed by atoms with Crippen molar-refractivity contribution in [3.8, 4) is 6.07 Å². The molecule has 0 bridgehead atoms. The summed E-state index contributed by atoms with van der Waals surface area (Å²) in [6.07, 6.45) is 3.23. The summed E-state index contributed by atoms with van der Waals surface area (Å²) < 4.78 is 0. The van der Waals surface area contributed by atoms with Crippen molar-refractivity contribution >= 4 is 11.8 Å².